The number of methoxy groups -OCH3 is 1. The monoisotopic (exact) mass is 282 g/mol. The first kappa shape index (κ1) is 14.0. The molecule has 1 saturated heterocycles. The maximum Gasteiger partial charge on any atom is 0.271 e. The summed E-state index contributed by atoms with van der Waals surface area (Å²) in [5, 5.41) is 14.7. The van der Waals surface area contributed by atoms with Crippen molar-refractivity contribution < 1.29 is 9.66 Å². The van der Waals surface area contributed by atoms with Crippen LogP contribution in [0.4, 0.5) is 11.4 Å². The van der Waals surface area contributed by atoms with Crippen LogP contribution in [0.1, 0.15) is 19.8 Å². The van der Waals surface area contributed by atoms with Gasteiger partial charge in [0.25, 0.3) is 5.69 Å². The van der Waals surface area contributed by atoms with Gasteiger partial charge in [-0.25, -0.2) is 0 Å². The van der Waals surface area contributed by atoms with Crippen LogP contribution in [0, 0.1) is 10.1 Å². The maximum atomic E-state index is 10.8. The fourth-order valence-corrected chi connectivity index (χ4v) is 3.38. The van der Waals surface area contributed by atoms with E-state index in [4.69, 9.17) is 4.74 Å². The second-order valence-corrected chi connectivity index (χ2v) is 6.10. The molecule has 0 bridgehead atoms. The summed E-state index contributed by atoms with van der Waals surface area (Å²) in [6, 6.07) is 4.98. The second-order valence-electron chi connectivity index (χ2n) is 4.61. The Hall–Kier alpha value is -1.43. The van der Waals surface area contributed by atoms with Crippen LogP contribution in [0.3, 0.4) is 0 Å². The molecule has 1 N–H and O–H groups in total. The molecular weight excluding hydrogens is 264 g/mol. The van der Waals surface area contributed by atoms with Crippen LogP contribution in [0.15, 0.2) is 18.2 Å². The van der Waals surface area contributed by atoms with Gasteiger partial charge in [0, 0.05) is 23.4 Å². The van der Waals surface area contributed by atoms with E-state index in [1.807, 2.05) is 11.8 Å². The van der Waals surface area contributed by atoms with Crippen molar-refractivity contribution in [3.63, 3.8) is 0 Å². The molecule has 6 heteroatoms. The highest BCUT2D eigenvalue weighted by Gasteiger charge is 2.23. The van der Waals surface area contributed by atoms with Gasteiger partial charge in [0.05, 0.1) is 17.7 Å². The standard InChI is InChI=1S/C13H18N2O3S/c1-9-11(4-3-7-19-9)14-12-8-10(15(16)17)5-6-13(12)18-2/h5-6,8-9,11,14H,3-4,7H2,1-2H3. The first-order chi connectivity index (χ1) is 9.11. The fraction of sp³-hybridized carbons (Fsp3) is 0.538. The lowest BCUT2D eigenvalue weighted by atomic mass is 10.1. The highest BCUT2D eigenvalue weighted by Crippen LogP contribution is 2.33. The van der Waals surface area contributed by atoms with E-state index in [1.54, 1.807) is 19.2 Å². The van der Waals surface area contributed by atoms with E-state index < -0.39 is 0 Å². The normalized spacial score (nSPS) is 22.8. The predicted molar refractivity (Wildman–Crippen MR) is 78.2 cm³/mol. The number of nitrogens with zero attached hydrogens (tertiary/aromatic N) is 1. The minimum atomic E-state index is -0.385. The van der Waals surface area contributed by atoms with Gasteiger partial charge in [0.1, 0.15) is 5.75 Å². The Morgan fingerprint density at radius 2 is 2.32 bits per heavy atom. The Kier molecular flexibility index (Phi) is 4.52. The number of hydrogen-bond donors (Lipinski definition) is 1. The molecule has 2 atom stereocenters. The highest BCUT2D eigenvalue weighted by atomic mass is 32.2. The van der Waals surface area contributed by atoms with Gasteiger partial charge in [-0.15, -0.1) is 0 Å². The number of non-ortho nitro benzene ring substituents is 1. The van der Waals surface area contributed by atoms with Crippen molar-refractivity contribution in [2.45, 2.75) is 31.1 Å². The molecule has 1 aliphatic rings. The van der Waals surface area contributed by atoms with E-state index in [-0.39, 0.29) is 10.6 Å². The summed E-state index contributed by atoms with van der Waals surface area (Å²) >= 11 is 1.93. The lowest BCUT2D eigenvalue weighted by molar-refractivity contribution is -0.384. The van der Waals surface area contributed by atoms with E-state index in [2.05, 4.69) is 12.2 Å². The Morgan fingerprint density at radius 1 is 1.53 bits per heavy atom. The molecule has 0 aliphatic carbocycles. The molecule has 1 aromatic carbocycles. The molecule has 0 aromatic heterocycles. The van der Waals surface area contributed by atoms with Crippen LogP contribution in [0.25, 0.3) is 0 Å². The third-order valence-electron chi connectivity index (χ3n) is 3.34. The number of rotatable bonds is 4. The van der Waals surface area contributed by atoms with Gasteiger partial charge in [-0.2, -0.15) is 11.8 Å². The van der Waals surface area contributed by atoms with Gasteiger partial charge in [-0.05, 0) is 24.7 Å². The van der Waals surface area contributed by atoms with Gasteiger partial charge in [-0.3, -0.25) is 10.1 Å². The zero-order valence-electron chi connectivity index (χ0n) is 11.1. The van der Waals surface area contributed by atoms with Crippen molar-refractivity contribution in [2.75, 3.05) is 18.2 Å². The number of anilines is 1. The zero-order valence-corrected chi connectivity index (χ0v) is 11.9. The molecule has 1 fully saturated rings. The van der Waals surface area contributed by atoms with Crippen molar-refractivity contribution >= 4 is 23.1 Å². The summed E-state index contributed by atoms with van der Waals surface area (Å²) in [6.07, 6.45) is 2.25. The minimum Gasteiger partial charge on any atom is -0.495 e. The Morgan fingerprint density at radius 3 is 2.95 bits per heavy atom. The summed E-state index contributed by atoms with van der Waals surface area (Å²) in [5.74, 6) is 1.83. The number of benzene rings is 1. The molecule has 104 valence electrons. The summed E-state index contributed by atoms with van der Waals surface area (Å²) < 4.78 is 5.26. The van der Waals surface area contributed by atoms with Crippen LogP contribution < -0.4 is 10.1 Å². The molecular formula is C13H18N2O3S. The highest BCUT2D eigenvalue weighted by molar-refractivity contribution is 8.00. The van der Waals surface area contributed by atoms with Crippen molar-refractivity contribution in [3.05, 3.63) is 28.3 Å². The average Bonchev–Trinajstić information content (AvgIpc) is 2.41. The van der Waals surface area contributed by atoms with E-state index >= 15 is 0 Å². The Balaban J connectivity index is 2.21. The van der Waals surface area contributed by atoms with Crippen LogP contribution in [0.2, 0.25) is 0 Å². The summed E-state index contributed by atoms with van der Waals surface area (Å²) in [5.41, 5.74) is 0.787. The third kappa shape index (κ3) is 3.32. The van der Waals surface area contributed by atoms with Crippen molar-refractivity contribution in [2.24, 2.45) is 0 Å². The van der Waals surface area contributed by atoms with Crippen LogP contribution >= 0.6 is 11.8 Å². The number of thioether (sulfide) groups is 1. The lowest BCUT2D eigenvalue weighted by Gasteiger charge is -2.30. The number of nitro groups is 1. The van der Waals surface area contributed by atoms with E-state index in [0.29, 0.717) is 22.7 Å². The van der Waals surface area contributed by atoms with Crippen LogP contribution in [-0.2, 0) is 0 Å². The van der Waals surface area contributed by atoms with Crippen LogP contribution in [-0.4, -0.2) is 29.1 Å². The topological polar surface area (TPSA) is 64.4 Å². The molecule has 2 rings (SSSR count). The quantitative estimate of drug-likeness (QED) is 0.678. The predicted octanol–water partition coefficient (Wildman–Crippen LogP) is 3.30. The molecule has 0 amide bonds. The van der Waals surface area contributed by atoms with Gasteiger partial charge in [0.2, 0.25) is 0 Å². The van der Waals surface area contributed by atoms with Crippen molar-refractivity contribution in [1.82, 2.24) is 0 Å². The smallest absolute Gasteiger partial charge is 0.271 e. The summed E-state index contributed by atoms with van der Waals surface area (Å²) in [6.45, 7) is 2.19. The maximum absolute atomic E-state index is 10.8. The molecule has 2 unspecified atom stereocenters. The Labute approximate surface area is 116 Å². The summed E-state index contributed by atoms with van der Waals surface area (Å²) in [4.78, 5) is 10.5. The molecule has 19 heavy (non-hydrogen) atoms. The largest absolute Gasteiger partial charge is 0.495 e. The summed E-state index contributed by atoms with van der Waals surface area (Å²) in [7, 11) is 1.57. The zero-order chi connectivity index (χ0) is 13.8. The Bertz CT molecular complexity index is 467. The van der Waals surface area contributed by atoms with Crippen molar-refractivity contribution in [3.8, 4) is 5.75 Å². The van der Waals surface area contributed by atoms with Crippen LogP contribution in [0.5, 0.6) is 5.75 Å². The lowest BCUT2D eigenvalue weighted by Crippen LogP contribution is -2.32. The molecule has 0 radical (unpaired) electrons. The van der Waals surface area contributed by atoms with E-state index in [0.717, 1.165) is 6.42 Å². The van der Waals surface area contributed by atoms with Gasteiger partial charge in [0.15, 0.2) is 0 Å². The molecule has 1 aliphatic heterocycles. The third-order valence-corrected chi connectivity index (χ3v) is 4.72. The first-order valence-corrected chi connectivity index (χ1v) is 7.37. The van der Waals surface area contributed by atoms with Crippen molar-refractivity contribution in [1.29, 1.82) is 0 Å². The SMILES string of the molecule is COc1ccc([N+](=O)[O-])cc1NC1CCCSC1C. The van der Waals surface area contributed by atoms with Gasteiger partial charge < -0.3 is 10.1 Å². The van der Waals surface area contributed by atoms with E-state index in [9.17, 15) is 10.1 Å². The fourth-order valence-electron chi connectivity index (χ4n) is 2.23. The van der Waals surface area contributed by atoms with Gasteiger partial charge in [-0.1, -0.05) is 6.92 Å². The molecule has 1 heterocycles. The molecule has 5 nitrogen and oxygen atoms in total. The average molecular weight is 282 g/mol. The first-order valence-electron chi connectivity index (χ1n) is 6.32. The number of nitrogens with one attached hydrogen (secondary N) is 1. The number of ether oxygens (including phenoxy) is 1. The molecule has 1 aromatic rings. The number of hydrogen-bond acceptors (Lipinski definition) is 5. The van der Waals surface area contributed by atoms with Gasteiger partial charge >= 0.3 is 0 Å². The minimum absolute atomic E-state index is 0.0828. The molecule has 0 saturated carbocycles. The number of nitro benzene ring substituents is 1. The molecule has 0 spiro atoms. The second kappa shape index (κ2) is 6.14. The van der Waals surface area contributed by atoms with E-state index in [1.165, 1.54) is 18.2 Å².